The van der Waals surface area contributed by atoms with Crippen molar-refractivity contribution in [2.45, 2.75) is 43.7 Å². The fourth-order valence-corrected chi connectivity index (χ4v) is 3.44. The Morgan fingerprint density at radius 3 is 2.70 bits per heavy atom. The van der Waals surface area contributed by atoms with Crippen LogP contribution in [0.4, 0.5) is 5.69 Å². The molecule has 0 spiro atoms. The van der Waals surface area contributed by atoms with E-state index < -0.39 is 27.6 Å². The monoisotopic (exact) mass is 342 g/mol. The first-order valence-corrected chi connectivity index (χ1v) is 8.46. The lowest BCUT2D eigenvalue weighted by molar-refractivity contribution is -0.143. The minimum absolute atomic E-state index is 0.0733. The van der Waals surface area contributed by atoms with Crippen molar-refractivity contribution in [3.05, 3.63) is 18.2 Å². The number of carboxylic acid groups (broad SMARTS) is 1. The first kappa shape index (κ1) is 17.2. The molecule has 1 aliphatic rings. The molecule has 0 bridgehead atoms. The number of aliphatic carboxylic acids is 1. The quantitative estimate of drug-likeness (QED) is 0.732. The van der Waals surface area contributed by atoms with Gasteiger partial charge in [-0.05, 0) is 38.5 Å². The summed E-state index contributed by atoms with van der Waals surface area (Å²) < 4.78 is 32.4. The number of carbonyl (C=O) groups excluding carboxylic acids is 1. The van der Waals surface area contributed by atoms with Gasteiger partial charge in [-0.3, -0.25) is 9.59 Å². The molecule has 1 aromatic carbocycles. The molecule has 1 heterocycles. The van der Waals surface area contributed by atoms with Crippen LogP contribution in [0.1, 0.15) is 27.2 Å². The third-order valence-electron chi connectivity index (χ3n) is 3.73. The van der Waals surface area contributed by atoms with Gasteiger partial charge >= 0.3 is 5.97 Å². The number of benzene rings is 1. The van der Waals surface area contributed by atoms with E-state index in [-0.39, 0.29) is 22.9 Å². The van der Waals surface area contributed by atoms with Crippen LogP contribution < -0.4 is 14.8 Å². The van der Waals surface area contributed by atoms with E-state index in [4.69, 9.17) is 4.74 Å². The third-order valence-corrected chi connectivity index (χ3v) is 5.32. The number of ether oxygens (including phenoxy) is 1. The summed E-state index contributed by atoms with van der Waals surface area (Å²) in [7, 11) is -4.08. The summed E-state index contributed by atoms with van der Waals surface area (Å²) in [5.41, 5.74) is -1.40. The van der Waals surface area contributed by atoms with Gasteiger partial charge in [0, 0.05) is 0 Å². The topological polar surface area (TPSA) is 122 Å². The van der Waals surface area contributed by atoms with Gasteiger partial charge in [-0.2, -0.15) is 4.72 Å². The first-order valence-electron chi connectivity index (χ1n) is 6.98. The Kier molecular flexibility index (Phi) is 4.36. The van der Waals surface area contributed by atoms with E-state index >= 15 is 0 Å². The molecule has 0 fully saturated rings. The number of nitrogens with one attached hydrogen (secondary N) is 2. The maximum Gasteiger partial charge on any atom is 0.324 e. The Balaban J connectivity index is 2.37. The van der Waals surface area contributed by atoms with Gasteiger partial charge in [0.25, 0.3) is 5.91 Å². The van der Waals surface area contributed by atoms with Gasteiger partial charge in [-0.25, -0.2) is 8.42 Å². The minimum Gasteiger partial charge on any atom is -0.480 e. The SMILES string of the molecule is CC[C@@](C)(NS(=O)(=O)c1ccc2c(c1)NC(=O)[C@H](C)O2)C(=O)O. The van der Waals surface area contributed by atoms with Crippen LogP contribution in [-0.2, 0) is 19.6 Å². The molecule has 126 valence electrons. The van der Waals surface area contributed by atoms with Crippen molar-refractivity contribution in [3.63, 3.8) is 0 Å². The summed E-state index contributed by atoms with van der Waals surface area (Å²) in [6.07, 6.45) is -0.595. The molecule has 0 saturated heterocycles. The average Bonchev–Trinajstić information content (AvgIpc) is 2.47. The normalized spacial score (nSPS) is 20.0. The van der Waals surface area contributed by atoms with E-state index in [0.29, 0.717) is 5.75 Å². The Hall–Kier alpha value is -2.13. The van der Waals surface area contributed by atoms with Crippen molar-refractivity contribution in [2.75, 3.05) is 5.32 Å². The van der Waals surface area contributed by atoms with Crippen molar-refractivity contribution < 1.29 is 27.9 Å². The second-order valence-electron chi connectivity index (χ2n) is 5.50. The number of carbonyl (C=O) groups is 2. The van der Waals surface area contributed by atoms with Crippen LogP contribution in [0.25, 0.3) is 0 Å². The summed E-state index contributed by atoms with van der Waals surface area (Å²) in [6, 6.07) is 3.95. The molecule has 3 N–H and O–H groups in total. The molecule has 8 nitrogen and oxygen atoms in total. The summed E-state index contributed by atoms with van der Waals surface area (Å²) in [5.74, 6) is -1.30. The molecule has 23 heavy (non-hydrogen) atoms. The summed E-state index contributed by atoms with van der Waals surface area (Å²) in [6.45, 7) is 4.43. The lowest BCUT2D eigenvalue weighted by Gasteiger charge is -2.26. The number of hydrogen-bond acceptors (Lipinski definition) is 5. The van der Waals surface area contributed by atoms with Crippen LogP contribution in [0.2, 0.25) is 0 Å². The molecule has 9 heteroatoms. The molecule has 2 atom stereocenters. The zero-order chi connectivity index (χ0) is 17.4. The Morgan fingerprint density at radius 2 is 2.13 bits per heavy atom. The van der Waals surface area contributed by atoms with Crippen LogP contribution in [0, 0.1) is 0 Å². The van der Waals surface area contributed by atoms with Crippen molar-refractivity contribution in [3.8, 4) is 5.75 Å². The van der Waals surface area contributed by atoms with E-state index in [9.17, 15) is 23.1 Å². The number of fused-ring (bicyclic) bond motifs is 1. The summed E-state index contributed by atoms with van der Waals surface area (Å²) in [5, 5.41) is 11.7. The highest BCUT2D eigenvalue weighted by molar-refractivity contribution is 7.89. The van der Waals surface area contributed by atoms with Gasteiger partial charge in [0.05, 0.1) is 10.6 Å². The lowest BCUT2D eigenvalue weighted by Crippen LogP contribution is -2.51. The van der Waals surface area contributed by atoms with Crippen molar-refractivity contribution in [1.82, 2.24) is 4.72 Å². The number of hydrogen-bond donors (Lipinski definition) is 3. The molecule has 1 amide bonds. The molecule has 1 aromatic rings. The number of carboxylic acids is 1. The van der Waals surface area contributed by atoms with Crippen LogP contribution in [0.15, 0.2) is 23.1 Å². The van der Waals surface area contributed by atoms with Crippen molar-refractivity contribution in [2.24, 2.45) is 0 Å². The van der Waals surface area contributed by atoms with E-state index in [1.165, 1.54) is 25.1 Å². The van der Waals surface area contributed by atoms with Gasteiger partial charge in [-0.1, -0.05) is 6.92 Å². The van der Waals surface area contributed by atoms with Gasteiger partial charge in [0.2, 0.25) is 10.0 Å². The molecule has 0 aromatic heterocycles. The predicted molar refractivity (Wildman–Crippen MR) is 81.8 cm³/mol. The fraction of sp³-hybridized carbons (Fsp3) is 0.429. The van der Waals surface area contributed by atoms with Crippen molar-refractivity contribution in [1.29, 1.82) is 0 Å². The van der Waals surface area contributed by atoms with E-state index in [2.05, 4.69) is 10.0 Å². The maximum absolute atomic E-state index is 12.4. The number of rotatable bonds is 5. The van der Waals surface area contributed by atoms with Gasteiger partial charge in [0.1, 0.15) is 11.3 Å². The predicted octanol–water partition coefficient (Wildman–Crippen LogP) is 0.938. The molecular weight excluding hydrogens is 324 g/mol. The summed E-state index contributed by atoms with van der Waals surface area (Å²) >= 11 is 0. The molecule has 0 radical (unpaired) electrons. The van der Waals surface area contributed by atoms with Gasteiger partial charge in [0.15, 0.2) is 6.10 Å². The van der Waals surface area contributed by atoms with Gasteiger partial charge < -0.3 is 15.2 Å². The van der Waals surface area contributed by atoms with Gasteiger partial charge in [-0.15, -0.1) is 0 Å². The third kappa shape index (κ3) is 3.30. The van der Waals surface area contributed by atoms with Crippen LogP contribution in [0.5, 0.6) is 5.75 Å². The molecule has 1 aliphatic heterocycles. The smallest absolute Gasteiger partial charge is 0.324 e. The van der Waals surface area contributed by atoms with Crippen LogP contribution in [-0.4, -0.2) is 37.0 Å². The first-order chi connectivity index (χ1) is 10.6. The van der Waals surface area contributed by atoms with E-state index in [0.717, 1.165) is 0 Å². The number of sulfonamides is 1. The summed E-state index contributed by atoms with van der Waals surface area (Å²) in [4.78, 5) is 22.7. The number of anilines is 1. The Morgan fingerprint density at radius 1 is 1.48 bits per heavy atom. The molecule has 0 unspecified atom stereocenters. The minimum atomic E-state index is -4.08. The largest absolute Gasteiger partial charge is 0.480 e. The Bertz CT molecular complexity index is 761. The molecule has 0 saturated carbocycles. The second kappa shape index (κ2) is 5.82. The molecule has 0 aliphatic carbocycles. The standard InChI is InChI=1S/C14H18N2O6S/c1-4-14(3,13(18)19)16-23(20,21)9-5-6-11-10(7-9)15-12(17)8(2)22-11/h5-8,16H,4H2,1-3H3,(H,15,17)(H,18,19)/t8-,14+/m0/s1. The highest BCUT2D eigenvalue weighted by Crippen LogP contribution is 2.32. The fourth-order valence-electron chi connectivity index (χ4n) is 1.98. The molecule has 2 rings (SSSR count). The zero-order valence-corrected chi connectivity index (χ0v) is 13.7. The lowest BCUT2D eigenvalue weighted by atomic mass is 10.0. The average molecular weight is 342 g/mol. The Labute approximate surface area is 133 Å². The van der Waals surface area contributed by atoms with E-state index in [1.807, 2.05) is 0 Å². The maximum atomic E-state index is 12.4. The highest BCUT2D eigenvalue weighted by Gasteiger charge is 2.36. The number of amides is 1. The second-order valence-corrected chi connectivity index (χ2v) is 7.19. The molecular formula is C14H18N2O6S. The van der Waals surface area contributed by atoms with Crippen LogP contribution in [0.3, 0.4) is 0 Å². The van der Waals surface area contributed by atoms with Crippen molar-refractivity contribution >= 4 is 27.6 Å². The van der Waals surface area contributed by atoms with Crippen LogP contribution >= 0.6 is 0 Å². The zero-order valence-electron chi connectivity index (χ0n) is 12.9. The van der Waals surface area contributed by atoms with E-state index in [1.54, 1.807) is 13.8 Å². The highest BCUT2D eigenvalue weighted by atomic mass is 32.2.